The quantitative estimate of drug-likeness (QED) is 0.484. The zero-order chi connectivity index (χ0) is 6.27. The van der Waals surface area contributed by atoms with Gasteiger partial charge in [0.2, 0.25) is 0 Å². The maximum Gasteiger partial charge on any atom is 0.0595 e. The molecule has 2 aliphatic rings. The highest BCUT2D eigenvalue weighted by atomic mass is 16.3. The highest BCUT2D eigenvalue weighted by Crippen LogP contribution is 2.33. The zero-order valence-electron chi connectivity index (χ0n) is 5.51. The van der Waals surface area contributed by atoms with Crippen molar-refractivity contribution in [2.45, 2.75) is 31.4 Å². The number of aliphatic hydroxyl groups excluding tert-OH is 1. The van der Waals surface area contributed by atoms with Crippen molar-refractivity contribution in [1.82, 2.24) is 5.32 Å². The van der Waals surface area contributed by atoms with E-state index >= 15 is 0 Å². The molecule has 1 saturated carbocycles. The summed E-state index contributed by atoms with van der Waals surface area (Å²) in [6.45, 7) is 1.02. The lowest BCUT2D eigenvalue weighted by Gasteiger charge is -2.44. The zero-order valence-corrected chi connectivity index (χ0v) is 5.51. The second kappa shape index (κ2) is 1.96. The third-order valence-corrected chi connectivity index (χ3v) is 2.67. The van der Waals surface area contributed by atoms with Crippen molar-refractivity contribution in [3.8, 4) is 0 Å². The molecule has 2 rings (SSSR count). The summed E-state index contributed by atoms with van der Waals surface area (Å²) in [4.78, 5) is 0. The maximum absolute atomic E-state index is 9.36. The van der Waals surface area contributed by atoms with Gasteiger partial charge in [-0.3, -0.25) is 0 Å². The second-order valence-electron chi connectivity index (χ2n) is 3.16. The van der Waals surface area contributed by atoms with Crippen LogP contribution in [0.1, 0.15) is 19.3 Å². The first-order valence-electron chi connectivity index (χ1n) is 3.79. The van der Waals surface area contributed by atoms with Crippen LogP contribution in [0.15, 0.2) is 0 Å². The van der Waals surface area contributed by atoms with Gasteiger partial charge in [0.05, 0.1) is 6.10 Å². The summed E-state index contributed by atoms with van der Waals surface area (Å²) < 4.78 is 0. The fraction of sp³-hybridized carbons (Fsp3) is 1.00. The molecule has 0 aromatic rings. The first kappa shape index (κ1) is 5.69. The maximum atomic E-state index is 9.36. The molecule has 1 heterocycles. The molecule has 0 aromatic carbocycles. The smallest absolute Gasteiger partial charge is 0.0595 e. The summed E-state index contributed by atoms with van der Waals surface area (Å²) in [5.41, 5.74) is 0. The summed E-state index contributed by atoms with van der Waals surface area (Å²) in [5.74, 6) is 0.596. The molecule has 9 heavy (non-hydrogen) atoms. The standard InChI is InChI=1S/C7H13NO/c9-7-3-4-8-6-2-1-5(6)7/h5-9H,1-4H2/t5-,6+,7+/m0/s1. The van der Waals surface area contributed by atoms with Crippen LogP contribution in [0, 0.1) is 5.92 Å². The van der Waals surface area contributed by atoms with E-state index in [1.165, 1.54) is 12.8 Å². The van der Waals surface area contributed by atoms with Crippen LogP contribution in [0.3, 0.4) is 0 Å². The Kier molecular flexibility index (Phi) is 1.24. The van der Waals surface area contributed by atoms with Crippen molar-refractivity contribution in [3.63, 3.8) is 0 Å². The van der Waals surface area contributed by atoms with Crippen LogP contribution in [-0.4, -0.2) is 23.8 Å². The van der Waals surface area contributed by atoms with Crippen molar-refractivity contribution in [3.05, 3.63) is 0 Å². The number of nitrogens with one attached hydrogen (secondary N) is 1. The molecule has 2 heteroatoms. The molecule has 1 aliphatic carbocycles. The summed E-state index contributed by atoms with van der Waals surface area (Å²) >= 11 is 0. The molecule has 0 radical (unpaired) electrons. The van der Waals surface area contributed by atoms with Gasteiger partial charge in [-0.25, -0.2) is 0 Å². The van der Waals surface area contributed by atoms with E-state index in [1.807, 2.05) is 0 Å². The van der Waals surface area contributed by atoms with Gasteiger partial charge >= 0.3 is 0 Å². The van der Waals surface area contributed by atoms with Gasteiger partial charge in [-0.05, 0) is 25.8 Å². The van der Waals surface area contributed by atoms with Crippen LogP contribution in [-0.2, 0) is 0 Å². The van der Waals surface area contributed by atoms with E-state index in [0.29, 0.717) is 12.0 Å². The molecule has 2 N–H and O–H groups in total. The van der Waals surface area contributed by atoms with Gasteiger partial charge in [0.1, 0.15) is 0 Å². The Morgan fingerprint density at radius 2 is 2.11 bits per heavy atom. The second-order valence-corrected chi connectivity index (χ2v) is 3.16. The molecular weight excluding hydrogens is 114 g/mol. The van der Waals surface area contributed by atoms with E-state index in [0.717, 1.165) is 13.0 Å². The van der Waals surface area contributed by atoms with E-state index in [2.05, 4.69) is 5.32 Å². The summed E-state index contributed by atoms with van der Waals surface area (Å²) in [6, 6.07) is 0.661. The van der Waals surface area contributed by atoms with E-state index < -0.39 is 0 Å². The predicted molar refractivity (Wildman–Crippen MR) is 35.1 cm³/mol. The largest absolute Gasteiger partial charge is 0.393 e. The van der Waals surface area contributed by atoms with Crippen LogP contribution < -0.4 is 5.32 Å². The number of piperidine rings is 1. The fourth-order valence-electron chi connectivity index (χ4n) is 1.87. The first-order chi connectivity index (χ1) is 4.38. The van der Waals surface area contributed by atoms with E-state index in [-0.39, 0.29) is 6.10 Å². The van der Waals surface area contributed by atoms with Crippen molar-refractivity contribution in [2.75, 3.05) is 6.54 Å². The minimum absolute atomic E-state index is 0.00463. The van der Waals surface area contributed by atoms with Crippen LogP contribution in [0.25, 0.3) is 0 Å². The van der Waals surface area contributed by atoms with Gasteiger partial charge in [0.15, 0.2) is 0 Å². The number of fused-ring (bicyclic) bond motifs is 1. The summed E-state index contributed by atoms with van der Waals surface area (Å²) in [7, 11) is 0. The van der Waals surface area contributed by atoms with Crippen LogP contribution in [0.2, 0.25) is 0 Å². The molecule has 1 saturated heterocycles. The summed E-state index contributed by atoms with van der Waals surface area (Å²) in [6.07, 6.45) is 3.48. The van der Waals surface area contributed by atoms with Crippen molar-refractivity contribution in [1.29, 1.82) is 0 Å². The highest BCUT2D eigenvalue weighted by Gasteiger charge is 2.38. The molecule has 1 aliphatic heterocycles. The van der Waals surface area contributed by atoms with Crippen molar-refractivity contribution >= 4 is 0 Å². The number of hydrogen-bond acceptors (Lipinski definition) is 2. The lowest BCUT2D eigenvalue weighted by atomic mass is 9.73. The molecule has 3 atom stereocenters. The van der Waals surface area contributed by atoms with Crippen LogP contribution >= 0.6 is 0 Å². The Morgan fingerprint density at radius 1 is 1.22 bits per heavy atom. The Hall–Kier alpha value is -0.0800. The Labute approximate surface area is 55.3 Å². The molecule has 0 amide bonds. The van der Waals surface area contributed by atoms with Gasteiger partial charge in [-0.1, -0.05) is 0 Å². The molecule has 0 aromatic heterocycles. The van der Waals surface area contributed by atoms with E-state index in [1.54, 1.807) is 0 Å². The Balaban J connectivity index is 1.98. The van der Waals surface area contributed by atoms with Crippen molar-refractivity contribution < 1.29 is 5.11 Å². The lowest BCUT2D eigenvalue weighted by molar-refractivity contribution is 0.00222. The van der Waals surface area contributed by atoms with Crippen molar-refractivity contribution in [2.24, 2.45) is 5.92 Å². The molecule has 0 bridgehead atoms. The molecular formula is C7H13NO. The molecule has 2 nitrogen and oxygen atoms in total. The highest BCUT2D eigenvalue weighted by molar-refractivity contribution is 4.94. The minimum atomic E-state index is 0.00463. The third-order valence-electron chi connectivity index (χ3n) is 2.67. The molecule has 52 valence electrons. The first-order valence-corrected chi connectivity index (χ1v) is 3.79. The Bertz CT molecular complexity index is 109. The van der Waals surface area contributed by atoms with Crippen LogP contribution in [0.4, 0.5) is 0 Å². The monoisotopic (exact) mass is 127 g/mol. The SMILES string of the molecule is O[C@@H]1CCN[C@@H]2CC[C@H]12. The Morgan fingerprint density at radius 3 is 2.56 bits per heavy atom. The molecule has 2 fully saturated rings. The predicted octanol–water partition coefficient (Wildman–Crippen LogP) is 0.119. The van der Waals surface area contributed by atoms with Gasteiger partial charge < -0.3 is 10.4 Å². The van der Waals surface area contributed by atoms with E-state index in [4.69, 9.17) is 0 Å². The third kappa shape index (κ3) is 0.775. The van der Waals surface area contributed by atoms with Gasteiger partial charge in [-0.15, -0.1) is 0 Å². The number of aliphatic hydroxyl groups is 1. The average Bonchev–Trinajstić information content (AvgIpc) is 1.74. The minimum Gasteiger partial charge on any atom is -0.393 e. The lowest BCUT2D eigenvalue weighted by Crippen LogP contribution is -2.54. The number of hydrogen-bond donors (Lipinski definition) is 2. The molecule has 0 unspecified atom stereocenters. The summed E-state index contributed by atoms with van der Waals surface area (Å²) in [5, 5.41) is 12.7. The fourth-order valence-corrected chi connectivity index (χ4v) is 1.87. The normalized spacial score (nSPS) is 49.7. The van der Waals surface area contributed by atoms with Gasteiger partial charge in [-0.2, -0.15) is 0 Å². The van der Waals surface area contributed by atoms with E-state index in [9.17, 15) is 5.11 Å². The molecule has 0 spiro atoms. The van der Waals surface area contributed by atoms with Crippen LogP contribution in [0.5, 0.6) is 0 Å². The average molecular weight is 127 g/mol. The topological polar surface area (TPSA) is 32.3 Å². The number of rotatable bonds is 0. The van der Waals surface area contributed by atoms with Gasteiger partial charge in [0, 0.05) is 12.0 Å². The van der Waals surface area contributed by atoms with Gasteiger partial charge in [0.25, 0.3) is 0 Å².